The van der Waals surface area contributed by atoms with E-state index in [1.165, 1.54) is 19.4 Å². The van der Waals surface area contributed by atoms with Crippen LogP contribution in [-0.4, -0.2) is 82.5 Å². The lowest BCUT2D eigenvalue weighted by atomic mass is 10.0. The van der Waals surface area contributed by atoms with E-state index >= 15 is 0 Å². The minimum atomic E-state index is 0.120. The molecule has 2 fully saturated rings. The molecule has 2 aromatic carbocycles. The van der Waals surface area contributed by atoms with Gasteiger partial charge in [-0.3, -0.25) is 14.3 Å². The van der Waals surface area contributed by atoms with E-state index in [0.717, 1.165) is 60.8 Å². The van der Waals surface area contributed by atoms with Crippen molar-refractivity contribution in [3.63, 3.8) is 0 Å². The summed E-state index contributed by atoms with van der Waals surface area (Å²) in [6.45, 7) is 7.90. The number of fused-ring (bicyclic) bond motifs is 1. The monoisotopic (exact) mass is 417 g/mol. The van der Waals surface area contributed by atoms with Gasteiger partial charge >= 0.3 is 0 Å². The summed E-state index contributed by atoms with van der Waals surface area (Å²) in [5, 5.41) is 0. The van der Waals surface area contributed by atoms with E-state index in [4.69, 9.17) is 4.98 Å². The second kappa shape index (κ2) is 8.44. The van der Waals surface area contributed by atoms with Crippen molar-refractivity contribution in [3.8, 4) is 5.69 Å². The Hall–Kier alpha value is -2.70. The summed E-state index contributed by atoms with van der Waals surface area (Å²) >= 11 is 0. The molecule has 0 N–H and O–H groups in total. The molecule has 0 bridgehead atoms. The SMILES string of the molecule is Cc1nc2cc(C(=O)N3CCN(C4CCCN(C)C4)CC3)ccc2n1-c1ccccc1. The molecule has 3 heterocycles. The number of para-hydroxylation sites is 1. The lowest BCUT2D eigenvalue weighted by molar-refractivity contribution is 0.0452. The van der Waals surface area contributed by atoms with E-state index < -0.39 is 0 Å². The maximum Gasteiger partial charge on any atom is 0.254 e. The van der Waals surface area contributed by atoms with Crippen LogP contribution in [0.2, 0.25) is 0 Å². The van der Waals surface area contributed by atoms with Gasteiger partial charge in [0.1, 0.15) is 5.82 Å². The number of likely N-dealkylation sites (N-methyl/N-ethyl adjacent to an activating group) is 1. The van der Waals surface area contributed by atoms with Gasteiger partial charge in [-0.1, -0.05) is 18.2 Å². The maximum atomic E-state index is 13.2. The van der Waals surface area contributed by atoms with Crippen LogP contribution in [0.3, 0.4) is 0 Å². The fraction of sp³-hybridized carbons (Fsp3) is 0.440. The van der Waals surface area contributed by atoms with E-state index in [1.54, 1.807) is 0 Å². The summed E-state index contributed by atoms with van der Waals surface area (Å²) in [6, 6.07) is 16.8. The molecule has 1 unspecified atom stereocenters. The Kier molecular flexibility index (Phi) is 5.50. The average molecular weight is 418 g/mol. The highest BCUT2D eigenvalue weighted by atomic mass is 16.2. The minimum absolute atomic E-state index is 0.120. The van der Waals surface area contributed by atoms with E-state index in [2.05, 4.69) is 33.5 Å². The third-order valence-corrected chi connectivity index (χ3v) is 6.80. The van der Waals surface area contributed by atoms with Crippen LogP contribution in [-0.2, 0) is 0 Å². The second-order valence-electron chi connectivity index (χ2n) is 8.92. The van der Waals surface area contributed by atoms with Gasteiger partial charge in [0.25, 0.3) is 5.91 Å². The second-order valence-corrected chi connectivity index (χ2v) is 8.92. The molecule has 2 aliphatic rings. The minimum Gasteiger partial charge on any atom is -0.336 e. The molecule has 1 aromatic heterocycles. The third-order valence-electron chi connectivity index (χ3n) is 6.80. The first kappa shape index (κ1) is 20.2. The van der Waals surface area contributed by atoms with Crippen molar-refractivity contribution < 1.29 is 4.79 Å². The van der Waals surface area contributed by atoms with E-state index in [-0.39, 0.29) is 5.91 Å². The number of hydrogen-bond acceptors (Lipinski definition) is 4. The lowest BCUT2D eigenvalue weighted by Gasteiger charge is -2.42. The maximum absolute atomic E-state index is 13.2. The molecular weight excluding hydrogens is 386 g/mol. The molecule has 1 amide bonds. The van der Waals surface area contributed by atoms with Crippen molar-refractivity contribution in [1.29, 1.82) is 0 Å². The zero-order valence-corrected chi connectivity index (χ0v) is 18.5. The number of carbonyl (C=O) groups is 1. The van der Waals surface area contributed by atoms with Crippen molar-refractivity contribution in [2.24, 2.45) is 0 Å². The molecule has 31 heavy (non-hydrogen) atoms. The Morgan fingerprint density at radius 2 is 1.77 bits per heavy atom. The molecule has 0 saturated carbocycles. The summed E-state index contributed by atoms with van der Waals surface area (Å²) in [5.74, 6) is 1.05. The van der Waals surface area contributed by atoms with Gasteiger partial charge in [0.15, 0.2) is 0 Å². The molecule has 0 aliphatic carbocycles. The quantitative estimate of drug-likeness (QED) is 0.657. The number of piperazine rings is 1. The number of amides is 1. The number of likely N-dealkylation sites (tertiary alicyclic amines) is 1. The number of piperidine rings is 1. The van der Waals surface area contributed by atoms with Gasteiger partial charge in [0.05, 0.1) is 11.0 Å². The molecule has 0 spiro atoms. The largest absolute Gasteiger partial charge is 0.336 e. The van der Waals surface area contributed by atoms with E-state index in [0.29, 0.717) is 6.04 Å². The van der Waals surface area contributed by atoms with Crippen LogP contribution < -0.4 is 0 Å². The van der Waals surface area contributed by atoms with Crippen LogP contribution in [0.5, 0.6) is 0 Å². The molecule has 6 nitrogen and oxygen atoms in total. The van der Waals surface area contributed by atoms with Gasteiger partial charge in [0, 0.05) is 50.0 Å². The Balaban J connectivity index is 1.30. The smallest absolute Gasteiger partial charge is 0.254 e. The first-order chi connectivity index (χ1) is 15.1. The molecule has 162 valence electrons. The van der Waals surface area contributed by atoms with Crippen LogP contribution in [0.25, 0.3) is 16.7 Å². The van der Waals surface area contributed by atoms with Crippen molar-refractivity contribution in [2.45, 2.75) is 25.8 Å². The normalized spacial score (nSPS) is 21.0. The number of aryl methyl sites for hydroxylation is 1. The Morgan fingerprint density at radius 3 is 2.52 bits per heavy atom. The van der Waals surface area contributed by atoms with E-state index in [1.807, 2.05) is 48.2 Å². The fourth-order valence-electron chi connectivity index (χ4n) is 5.15. The molecule has 1 atom stereocenters. The zero-order valence-electron chi connectivity index (χ0n) is 18.5. The van der Waals surface area contributed by atoms with Crippen molar-refractivity contribution in [3.05, 3.63) is 59.9 Å². The molecule has 2 saturated heterocycles. The predicted octanol–water partition coefficient (Wildman–Crippen LogP) is 3.19. The Morgan fingerprint density at radius 1 is 1.00 bits per heavy atom. The standard InChI is InChI=1S/C25H31N5O/c1-19-26-23-17-20(10-11-24(23)30(19)21-7-4-3-5-8-21)25(31)29-15-13-28(14-16-29)22-9-6-12-27(2)18-22/h3-5,7-8,10-11,17,22H,6,9,12-16,18H2,1-2H3. The number of imidazole rings is 1. The zero-order chi connectivity index (χ0) is 21.4. The molecule has 2 aliphatic heterocycles. The summed E-state index contributed by atoms with van der Waals surface area (Å²) in [5.41, 5.74) is 3.73. The van der Waals surface area contributed by atoms with Crippen molar-refractivity contribution in [1.82, 2.24) is 24.3 Å². The first-order valence-corrected chi connectivity index (χ1v) is 11.4. The molecule has 3 aromatic rings. The van der Waals surface area contributed by atoms with Crippen molar-refractivity contribution in [2.75, 3.05) is 46.3 Å². The number of carbonyl (C=O) groups excluding carboxylic acids is 1. The van der Waals surface area contributed by atoms with Gasteiger partial charge < -0.3 is 9.80 Å². The van der Waals surface area contributed by atoms with Gasteiger partial charge in [-0.25, -0.2) is 4.98 Å². The molecule has 0 radical (unpaired) electrons. The summed E-state index contributed by atoms with van der Waals surface area (Å²) in [4.78, 5) is 25.0. The summed E-state index contributed by atoms with van der Waals surface area (Å²) in [6.07, 6.45) is 2.55. The summed E-state index contributed by atoms with van der Waals surface area (Å²) < 4.78 is 2.14. The number of benzene rings is 2. The number of rotatable bonds is 3. The van der Waals surface area contributed by atoms with Gasteiger partial charge in [-0.05, 0) is 63.7 Å². The molecule has 5 rings (SSSR count). The average Bonchev–Trinajstić information content (AvgIpc) is 3.14. The Labute approximate surface area is 184 Å². The van der Waals surface area contributed by atoms with Crippen LogP contribution in [0.4, 0.5) is 0 Å². The lowest BCUT2D eigenvalue weighted by Crippen LogP contribution is -2.55. The highest BCUT2D eigenvalue weighted by Crippen LogP contribution is 2.23. The first-order valence-electron chi connectivity index (χ1n) is 11.4. The molecular formula is C25H31N5O. The van der Waals surface area contributed by atoms with Crippen LogP contribution in [0.15, 0.2) is 48.5 Å². The highest BCUT2D eigenvalue weighted by molar-refractivity contribution is 5.97. The van der Waals surface area contributed by atoms with E-state index in [9.17, 15) is 4.79 Å². The fourth-order valence-corrected chi connectivity index (χ4v) is 5.15. The van der Waals surface area contributed by atoms with Crippen LogP contribution >= 0.6 is 0 Å². The number of aromatic nitrogens is 2. The Bertz CT molecular complexity index is 1070. The molecule has 6 heteroatoms. The predicted molar refractivity (Wildman–Crippen MR) is 124 cm³/mol. The summed E-state index contributed by atoms with van der Waals surface area (Å²) in [7, 11) is 2.21. The van der Waals surface area contributed by atoms with Gasteiger partial charge in [-0.2, -0.15) is 0 Å². The van der Waals surface area contributed by atoms with Crippen LogP contribution in [0, 0.1) is 6.92 Å². The van der Waals surface area contributed by atoms with Crippen molar-refractivity contribution >= 4 is 16.9 Å². The highest BCUT2D eigenvalue weighted by Gasteiger charge is 2.29. The number of nitrogens with zero attached hydrogens (tertiary/aromatic N) is 5. The topological polar surface area (TPSA) is 44.6 Å². The van der Waals surface area contributed by atoms with Gasteiger partial charge in [0.2, 0.25) is 0 Å². The van der Waals surface area contributed by atoms with Crippen LogP contribution in [0.1, 0.15) is 29.0 Å². The third kappa shape index (κ3) is 3.98. The van der Waals surface area contributed by atoms with Gasteiger partial charge in [-0.15, -0.1) is 0 Å². The number of hydrogen-bond donors (Lipinski definition) is 0.